The molecule has 1 unspecified atom stereocenters. The number of nitrogens with zero attached hydrogens (tertiary/aromatic N) is 1. The van der Waals surface area contributed by atoms with Crippen molar-refractivity contribution >= 4 is 5.91 Å². The van der Waals surface area contributed by atoms with Crippen molar-refractivity contribution < 1.29 is 4.79 Å². The molecule has 1 atom stereocenters. The van der Waals surface area contributed by atoms with E-state index in [1.807, 2.05) is 11.8 Å². The Morgan fingerprint density at radius 3 is 2.83 bits per heavy atom. The Kier molecular flexibility index (Phi) is 3.53. The van der Waals surface area contributed by atoms with E-state index in [2.05, 4.69) is 12.2 Å². The van der Waals surface area contributed by atoms with Gasteiger partial charge in [-0.3, -0.25) is 4.79 Å². The van der Waals surface area contributed by atoms with E-state index in [4.69, 9.17) is 0 Å². The van der Waals surface area contributed by atoms with Gasteiger partial charge in [-0.25, -0.2) is 0 Å². The number of rotatable bonds is 3. The minimum atomic E-state index is 0.301. The molecule has 1 aliphatic rings. The van der Waals surface area contributed by atoms with Crippen LogP contribution in [0.4, 0.5) is 0 Å². The number of hydrogen-bond donors (Lipinski definition) is 1. The van der Waals surface area contributed by atoms with E-state index >= 15 is 0 Å². The second-order valence-corrected chi connectivity index (χ2v) is 3.22. The van der Waals surface area contributed by atoms with E-state index in [1.165, 1.54) is 0 Å². The van der Waals surface area contributed by atoms with Gasteiger partial charge in [-0.05, 0) is 19.9 Å². The van der Waals surface area contributed by atoms with Gasteiger partial charge in [-0.2, -0.15) is 0 Å². The zero-order valence-corrected chi connectivity index (χ0v) is 7.97. The lowest BCUT2D eigenvalue weighted by Gasteiger charge is -2.31. The highest BCUT2D eigenvalue weighted by molar-refractivity contribution is 5.77. The quantitative estimate of drug-likeness (QED) is 0.673. The summed E-state index contributed by atoms with van der Waals surface area (Å²) in [5.41, 5.74) is 0. The van der Waals surface area contributed by atoms with Crippen LogP contribution in [-0.2, 0) is 4.79 Å². The number of hydrogen-bond acceptors (Lipinski definition) is 2. The van der Waals surface area contributed by atoms with E-state index in [-0.39, 0.29) is 0 Å². The van der Waals surface area contributed by atoms with Crippen LogP contribution in [0.1, 0.15) is 26.7 Å². The van der Waals surface area contributed by atoms with E-state index in [9.17, 15) is 4.79 Å². The highest BCUT2D eigenvalue weighted by Crippen LogP contribution is 2.10. The lowest BCUT2D eigenvalue weighted by molar-refractivity contribution is -0.133. The molecule has 0 bridgehead atoms. The van der Waals surface area contributed by atoms with Crippen LogP contribution < -0.4 is 5.32 Å². The monoisotopic (exact) mass is 170 g/mol. The molecular formula is C9H18N2O. The van der Waals surface area contributed by atoms with Crippen LogP contribution in [0.25, 0.3) is 0 Å². The van der Waals surface area contributed by atoms with Gasteiger partial charge >= 0.3 is 0 Å². The fourth-order valence-corrected chi connectivity index (χ4v) is 1.68. The van der Waals surface area contributed by atoms with Gasteiger partial charge in [0.2, 0.25) is 5.91 Å². The fraction of sp³-hybridized carbons (Fsp3) is 0.889. The summed E-state index contributed by atoms with van der Waals surface area (Å²) in [5, 5.41) is 3.31. The largest absolute Gasteiger partial charge is 0.343 e. The minimum Gasteiger partial charge on any atom is -0.343 e. The van der Waals surface area contributed by atoms with Crippen molar-refractivity contribution in [1.82, 2.24) is 10.2 Å². The zero-order chi connectivity index (χ0) is 8.97. The van der Waals surface area contributed by atoms with E-state index in [1.54, 1.807) is 0 Å². The van der Waals surface area contributed by atoms with Gasteiger partial charge < -0.3 is 10.2 Å². The maximum Gasteiger partial charge on any atom is 0.224 e. The normalized spacial score (nSPS) is 24.7. The Bertz CT molecular complexity index is 159. The summed E-state index contributed by atoms with van der Waals surface area (Å²) in [7, 11) is 0. The van der Waals surface area contributed by atoms with Crippen molar-refractivity contribution in [2.75, 3.05) is 19.6 Å². The summed E-state index contributed by atoms with van der Waals surface area (Å²) in [6.45, 7) is 6.86. The average Bonchev–Trinajstić information content (AvgIpc) is 2.05. The van der Waals surface area contributed by atoms with E-state index in [0.29, 0.717) is 18.4 Å². The molecule has 1 amide bonds. The molecule has 1 heterocycles. The number of amides is 1. The van der Waals surface area contributed by atoms with Crippen molar-refractivity contribution in [1.29, 1.82) is 0 Å². The number of carbonyl (C=O) groups excluding carboxylic acids is 1. The summed E-state index contributed by atoms with van der Waals surface area (Å²) in [6, 6.07) is 0.422. The van der Waals surface area contributed by atoms with Gasteiger partial charge in [0.25, 0.3) is 0 Å². The smallest absolute Gasteiger partial charge is 0.224 e. The first-order valence-corrected chi connectivity index (χ1v) is 4.79. The third-order valence-electron chi connectivity index (χ3n) is 2.40. The molecule has 1 fully saturated rings. The summed E-state index contributed by atoms with van der Waals surface area (Å²) in [6.07, 6.45) is 1.79. The lowest BCUT2D eigenvalue weighted by Crippen LogP contribution is -2.45. The molecule has 3 nitrogen and oxygen atoms in total. The number of piperidine rings is 1. The van der Waals surface area contributed by atoms with Crippen molar-refractivity contribution in [2.24, 2.45) is 0 Å². The maximum absolute atomic E-state index is 11.4. The van der Waals surface area contributed by atoms with Gasteiger partial charge in [0.15, 0.2) is 0 Å². The van der Waals surface area contributed by atoms with Crippen molar-refractivity contribution in [3.05, 3.63) is 0 Å². The second kappa shape index (κ2) is 4.45. The average molecular weight is 170 g/mol. The Balaban J connectivity index is 2.35. The molecule has 1 N–H and O–H groups in total. The Morgan fingerprint density at radius 1 is 1.58 bits per heavy atom. The van der Waals surface area contributed by atoms with Gasteiger partial charge in [-0.1, -0.05) is 6.92 Å². The molecule has 1 saturated heterocycles. The molecule has 0 aliphatic carbocycles. The Labute approximate surface area is 74.1 Å². The summed E-state index contributed by atoms with van der Waals surface area (Å²) in [4.78, 5) is 13.3. The lowest BCUT2D eigenvalue weighted by atomic mass is 10.0. The molecule has 3 heteroatoms. The van der Waals surface area contributed by atoms with Crippen LogP contribution >= 0.6 is 0 Å². The first kappa shape index (κ1) is 9.52. The molecule has 12 heavy (non-hydrogen) atoms. The third kappa shape index (κ3) is 2.21. The zero-order valence-electron chi connectivity index (χ0n) is 7.97. The minimum absolute atomic E-state index is 0.301. The molecular weight excluding hydrogens is 152 g/mol. The molecule has 0 aromatic carbocycles. The Morgan fingerprint density at radius 2 is 2.33 bits per heavy atom. The molecule has 0 aromatic rings. The van der Waals surface area contributed by atoms with Crippen LogP contribution in [0, 0.1) is 0 Å². The molecule has 1 aliphatic heterocycles. The first-order valence-electron chi connectivity index (χ1n) is 4.79. The Hall–Kier alpha value is -0.570. The molecule has 70 valence electrons. The molecule has 0 aromatic heterocycles. The fourth-order valence-electron chi connectivity index (χ4n) is 1.68. The maximum atomic E-state index is 11.4. The van der Waals surface area contributed by atoms with E-state index < -0.39 is 0 Å². The summed E-state index contributed by atoms with van der Waals surface area (Å²) >= 11 is 0. The predicted octanol–water partition coefficient (Wildman–Crippen LogP) is 0.607. The third-order valence-corrected chi connectivity index (χ3v) is 2.40. The summed E-state index contributed by atoms with van der Waals surface area (Å²) in [5.74, 6) is 0.301. The van der Waals surface area contributed by atoms with Gasteiger partial charge in [-0.15, -0.1) is 0 Å². The van der Waals surface area contributed by atoms with Crippen molar-refractivity contribution in [2.45, 2.75) is 32.7 Å². The predicted molar refractivity (Wildman–Crippen MR) is 49.0 cm³/mol. The van der Waals surface area contributed by atoms with Gasteiger partial charge in [0, 0.05) is 25.6 Å². The molecule has 0 saturated carbocycles. The van der Waals surface area contributed by atoms with Crippen molar-refractivity contribution in [3.63, 3.8) is 0 Å². The first-order chi connectivity index (χ1) is 5.77. The standard InChI is InChI=1S/C9H18N2O/c1-3-10-8-5-6-11(4-2)9(12)7-8/h8,10H,3-7H2,1-2H3. The van der Waals surface area contributed by atoms with Crippen molar-refractivity contribution in [3.8, 4) is 0 Å². The topological polar surface area (TPSA) is 32.3 Å². The second-order valence-electron chi connectivity index (χ2n) is 3.22. The van der Waals surface area contributed by atoms with Crippen LogP contribution in [0.3, 0.4) is 0 Å². The highest BCUT2D eigenvalue weighted by Gasteiger charge is 2.23. The number of carbonyl (C=O) groups is 1. The summed E-state index contributed by atoms with van der Waals surface area (Å²) < 4.78 is 0. The number of likely N-dealkylation sites (tertiary alicyclic amines) is 1. The van der Waals surface area contributed by atoms with Crippen LogP contribution in [0.15, 0.2) is 0 Å². The molecule has 0 spiro atoms. The van der Waals surface area contributed by atoms with Crippen LogP contribution in [0.2, 0.25) is 0 Å². The molecule has 0 radical (unpaired) electrons. The van der Waals surface area contributed by atoms with Gasteiger partial charge in [0.05, 0.1) is 0 Å². The SMILES string of the molecule is CCNC1CCN(CC)C(=O)C1. The van der Waals surface area contributed by atoms with E-state index in [0.717, 1.165) is 26.1 Å². The van der Waals surface area contributed by atoms with Crippen LogP contribution in [0.5, 0.6) is 0 Å². The van der Waals surface area contributed by atoms with Gasteiger partial charge in [0.1, 0.15) is 0 Å². The molecule has 1 rings (SSSR count). The highest BCUT2D eigenvalue weighted by atomic mass is 16.2. The number of nitrogens with one attached hydrogen (secondary N) is 1. The van der Waals surface area contributed by atoms with Crippen LogP contribution in [-0.4, -0.2) is 36.5 Å².